The highest BCUT2D eigenvalue weighted by atomic mass is 16.4. The first kappa shape index (κ1) is 13.7. The lowest BCUT2D eigenvalue weighted by atomic mass is 10.1. The van der Waals surface area contributed by atoms with E-state index in [1.807, 2.05) is 0 Å². The number of carboxylic acid groups (broad SMARTS) is 1. The predicted octanol–water partition coefficient (Wildman–Crippen LogP) is -0.474. The average molecular weight is 251 g/mol. The molecule has 0 aliphatic heterocycles. The van der Waals surface area contributed by atoms with E-state index in [9.17, 15) is 14.4 Å². The number of benzene rings is 1. The number of amides is 2. The predicted molar refractivity (Wildman–Crippen MR) is 63.8 cm³/mol. The smallest absolute Gasteiger partial charge is 0.335 e. The van der Waals surface area contributed by atoms with E-state index in [0.717, 1.165) is 0 Å². The monoisotopic (exact) mass is 251 g/mol. The van der Waals surface area contributed by atoms with Crippen molar-refractivity contribution in [3.8, 4) is 0 Å². The van der Waals surface area contributed by atoms with Crippen LogP contribution in [0.5, 0.6) is 0 Å². The molecule has 6 N–H and O–H groups in total. The third kappa shape index (κ3) is 3.87. The van der Waals surface area contributed by atoms with Crippen LogP contribution >= 0.6 is 0 Å². The molecule has 7 nitrogen and oxygen atoms in total. The Hall–Kier alpha value is -2.41. The molecule has 18 heavy (non-hydrogen) atoms. The van der Waals surface area contributed by atoms with E-state index in [1.165, 1.54) is 24.3 Å². The van der Waals surface area contributed by atoms with Crippen molar-refractivity contribution in [1.82, 2.24) is 0 Å². The first-order chi connectivity index (χ1) is 8.40. The fourth-order valence-electron chi connectivity index (χ4n) is 1.27. The second kappa shape index (κ2) is 5.78. The quantitative estimate of drug-likeness (QED) is 0.560. The zero-order valence-electron chi connectivity index (χ0n) is 9.42. The summed E-state index contributed by atoms with van der Waals surface area (Å²) in [6.45, 7) is 0. The summed E-state index contributed by atoms with van der Waals surface area (Å²) in [6, 6.07) is 4.62. The van der Waals surface area contributed by atoms with Gasteiger partial charge in [0.2, 0.25) is 11.8 Å². The topological polar surface area (TPSA) is 136 Å². The molecule has 0 spiro atoms. The Morgan fingerprint density at radius 3 is 2.56 bits per heavy atom. The summed E-state index contributed by atoms with van der Waals surface area (Å²) in [5, 5.41) is 11.2. The molecule has 96 valence electrons. The molecule has 1 unspecified atom stereocenters. The fourth-order valence-corrected chi connectivity index (χ4v) is 1.27. The zero-order chi connectivity index (χ0) is 13.7. The summed E-state index contributed by atoms with van der Waals surface area (Å²) in [6.07, 6.45) is -0.273. The molecular weight excluding hydrogens is 238 g/mol. The number of hydrogen-bond donors (Lipinski definition) is 4. The summed E-state index contributed by atoms with van der Waals surface area (Å²) < 4.78 is 0. The Labute approximate surface area is 103 Å². The Morgan fingerprint density at radius 2 is 2.00 bits per heavy atom. The number of primary amides is 1. The van der Waals surface area contributed by atoms with Crippen molar-refractivity contribution in [3.05, 3.63) is 29.8 Å². The lowest BCUT2D eigenvalue weighted by Gasteiger charge is -2.10. The molecule has 0 saturated carbocycles. The first-order valence-electron chi connectivity index (χ1n) is 5.08. The first-order valence-corrected chi connectivity index (χ1v) is 5.08. The molecule has 1 rings (SSSR count). The van der Waals surface area contributed by atoms with Gasteiger partial charge in [0, 0.05) is 5.69 Å². The summed E-state index contributed by atoms with van der Waals surface area (Å²) in [7, 11) is 0. The summed E-state index contributed by atoms with van der Waals surface area (Å²) in [5.74, 6) is -2.39. The Kier molecular flexibility index (Phi) is 4.39. The number of hydrogen-bond acceptors (Lipinski definition) is 4. The molecule has 0 aromatic heterocycles. The minimum absolute atomic E-state index is 0.0382. The Bertz CT molecular complexity index is 487. The van der Waals surface area contributed by atoms with E-state index < -0.39 is 23.8 Å². The molecule has 0 heterocycles. The number of carbonyl (C=O) groups is 3. The molecule has 1 aromatic carbocycles. The highest BCUT2D eigenvalue weighted by Gasteiger charge is 2.16. The highest BCUT2D eigenvalue weighted by Crippen LogP contribution is 2.11. The van der Waals surface area contributed by atoms with Gasteiger partial charge in [0.05, 0.1) is 18.0 Å². The van der Waals surface area contributed by atoms with Gasteiger partial charge < -0.3 is 21.9 Å². The normalized spacial score (nSPS) is 11.6. The number of carbonyl (C=O) groups excluding carboxylic acids is 2. The summed E-state index contributed by atoms with van der Waals surface area (Å²) in [5.41, 5.74) is 10.7. The van der Waals surface area contributed by atoms with Gasteiger partial charge in [-0.15, -0.1) is 0 Å². The second-order valence-corrected chi connectivity index (χ2v) is 3.65. The number of nitrogens with two attached hydrogens (primary N) is 2. The second-order valence-electron chi connectivity index (χ2n) is 3.65. The van der Waals surface area contributed by atoms with Crippen LogP contribution in [0, 0.1) is 0 Å². The van der Waals surface area contributed by atoms with Crippen LogP contribution in [0.4, 0.5) is 5.69 Å². The Balaban J connectivity index is 2.72. The van der Waals surface area contributed by atoms with Gasteiger partial charge in [-0.25, -0.2) is 4.79 Å². The molecule has 0 fully saturated rings. The standard InChI is InChI=1S/C11H13N3O4/c12-8(5-9(13)15)10(16)14-7-3-1-2-6(4-7)11(17)18/h1-4,8H,5,12H2,(H2,13,15)(H,14,16)(H,17,18). The minimum atomic E-state index is -1.10. The van der Waals surface area contributed by atoms with Crippen LogP contribution in [0.3, 0.4) is 0 Å². The molecule has 7 heteroatoms. The van der Waals surface area contributed by atoms with Gasteiger partial charge in [-0.05, 0) is 18.2 Å². The molecule has 1 atom stereocenters. The Morgan fingerprint density at radius 1 is 1.33 bits per heavy atom. The van der Waals surface area contributed by atoms with Crippen molar-refractivity contribution < 1.29 is 19.5 Å². The molecule has 1 aromatic rings. The number of carboxylic acids is 1. The van der Waals surface area contributed by atoms with Crippen molar-refractivity contribution in [1.29, 1.82) is 0 Å². The van der Waals surface area contributed by atoms with Crippen molar-refractivity contribution in [3.63, 3.8) is 0 Å². The van der Waals surface area contributed by atoms with Crippen LogP contribution in [0.2, 0.25) is 0 Å². The minimum Gasteiger partial charge on any atom is -0.478 e. The molecule has 0 aliphatic rings. The van der Waals surface area contributed by atoms with E-state index in [4.69, 9.17) is 16.6 Å². The van der Waals surface area contributed by atoms with Crippen LogP contribution in [0.1, 0.15) is 16.8 Å². The van der Waals surface area contributed by atoms with Gasteiger partial charge in [0.25, 0.3) is 0 Å². The van der Waals surface area contributed by atoms with Crippen LogP contribution in [0.15, 0.2) is 24.3 Å². The lowest BCUT2D eigenvalue weighted by molar-refractivity contribution is -0.123. The maximum atomic E-state index is 11.5. The highest BCUT2D eigenvalue weighted by molar-refractivity contribution is 5.98. The summed E-state index contributed by atoms with van der Waals surface area (Å²) in [4.78, 5) is 32.9. The third-order valence-electron chi connectivity index (χ3n) is 2.13. The van der Waals surface area contributed by atoms with Crippen LogP contribution in [0.25, 0.3) is 0 Å². The zero-order valence-corrected chi connectivity index (χ0v) is 9.42. The fraction of sp³-hybridized carbons (Fsp3) is 0.182. The van der Waals surface area contributed by atoms with Crippen molar-refractivity contribution >= 4 is 23.5 Å². The molecule has 0 aliphatic carbocycles. The van der Waals surface area contributed by atoms with Gasteiger partial charge in [0.1, 0.15) is 0 Å². The van der Waals surface area contributed by atoms with E-state index in [-0.39, 0.29) is 12.0 Å². The third-order valence-corrected chi connectivity index (χ3v) is 2.13. The SMILES string of the molecule is NC(=O)CC(N)C(=O)Nc1cccc(C(=O)O)c1. The van der Waals surface area contributed by atoms with Crippen LogP contribution in [-0.4, -0.2) is 28.9 Å². The van der Waals surface area contributed by atoms with E-state index >= 15 is 0 Å². The van der Waals surface area contributed by atoms with Crippen molar-refractivity contribution in [2.75, 3.05) is 5.32 Å². The van der Waals surface area contributed by atoms with Crippen LogP contribution < -0.4 is 16.8 Å². The summed E-state index contributed by atoms with van der Waals surface area (Å²) >= 11 is 0. The van der Waals surface area contributed by atoms with Crippen LogP contribution in [-0.2, 0) is 9.59 Å². The van der Waals surface area contributed by atoms with Gasteiger partial charge in [-0.3, -0.25) is 9.59 Å². The molecule has 2 amide bonds. The maximum Gasteiger partial charge on any atom is 0.335 e. The number of rotatable bonds is 5. The van der Waals surface area contributed by atoms with E-state index in [2.05, 4.69) is 5.32 Å². The van der Waals surface area contributed by atoms with Crippen molar-refractivity contribution in [2.24, 2.45) is 11.5 Å². The van der Waals surface area contributed by atoms with E-state index in [1.54, 1.807) is 0 Å². The van der Waals surface area contributed by atoms with Gasteiger partial charge >= 0.3 is 5.97 Å². The number of aromatic carboxylic acids is 1. The van der Waals surface area contributed by atoms with Gasteiger partial charge in [-0.2, -0.15) is 0 Å². The lowest BCUT2D eigenvalue weighted by Crippen LogP contribution is -2.39. The largest absolute Gasteiger partial charge is 0.478 e. The van der Waals surface area contributed by atoms with E-state index in [0.29, 0.717) is 5.69 Å². The molecule has 0 saturated heterocycles. The maximum absolute atomic E-state index is 11.5. The number of anilines is 1. The molecule has 0 radical (unpaired) electrons. The van der Waals surface area contributed by atoms with Crippen molar-refractivity contribution in [2.45, 2.75) is 12.5 Å². The van der Waals surface area contributed by atoms with Gasteiger partial charge in [0.15, 0.2) is 0 Å². The molecular formula is C11H13N3O4. The average Bonchev–Trinajstić information content (AvgIpc) is 2.28. The molecule has 0 bridgehead atoms. The van der Waals surface area contributed by atoms with Gasteiger partial charge in [-0.1, -0.05) is 6.07 Å². The number of nitrogens with one attached hydrogen (secondary N) is 1.